The Morgan fingerprint density at radius 3 is 2.36 bits per heavy atom. The molecule has 216 valence electrons. The quantitative estimate of drug-likeness (QED) is 0.259. The number of methoxy groups -OCH3 is 1. The molecule has 3 aromatic carbocycles. The van der Waals surface area contributed by atoms with Crippen LogP contribution in [0.25, 0.3) is 0 Å². The Morgan fingerprint density at radius 2 is 1.67 bits per heavy atom. The van der Waals surface area contributed by atoms with Gasteiger partial charge in [0.25, 0.3) is 0 Å². The summed E-state index contributed by atoms with van der Waals surface area (Å²) in [7, 11) is 1.50. The molecule has 3 amide bonds. The highest BCUT2D eigenvalue weighted by Crippen LogP contribution is 2.31. The van der Waals surface area contributed by atoms with Crippen LogP contribution >= 0.6 is 0 Å². The number of benzene rings is 3. The largest absolute Gasteiger partial charge is 0.494 e. The first-order valence-electron chi connectivity index (χ1n) is 13.4. The average molecular weight is 567 g/mol. The third kappa shape index (κ3) is 7.66. The van der Waals surface area contributed by atoms with Crippen LogP contribution in [-0.4, -0.2) is 41.6 Å². The standard InChI is InChI=1S/C33H34N4O5/c1-23-10-7-8-14-28(23)34-33(41)35-29-16-15-27(20-31(29)42-3)37(24(2)38)22-25-11-9-18-36(19-17-25)30(21-32(39)40)26-12-5-4-6-13-26/h4-20,30H,21-22H2,1-3H3,(H,39,40)(H2,34,35,41). The van der Waals surface area contributed by atoms with E-state index in [4.69, 9.17) is 4.74 Å². The highest BCUT2D eigenvalue weighted by atomic mass is 16.5. The van der Waals surface area contributed by atoms with E-state index in [2.05, 4.69) is 10.6 Å². The summed E-state index contributed by atoms with van der Waals surface area (Å²) in [5.74, 6) is -0.678. The Labute approximate surface area is 245 Å². The number of carboxylic acid groups (broad SMARTS) is 1. The number of rotatable bonds is 10. The Balaban J connectivity index is 1.49. The van der Waals surface area contributed by atoms with Gasteiger partial charge in [-0.15, -0.1) is 0 Å². The Morgan fingerprint density at radius 1 is 0.952 bits per heavy atom. The summed E-state index contributed by atoms with van der Waals surface area (Å²) >= 11 is 0. The molecule has 1 unspecified atom stereocenters. The zero-order valence-electron chi connectivity index (χ0n) is 23.8. The number of amides is 3. The van der Waals surface area contributed by atoms with E-state index in [0.717, 1.165) is 16.7 Å². The third-order valence-electron chi connectivity index (χ3n) is 6.80. The van der Waals surface area contributed by atoms with Gasteiger partial charge in [-0.2, -0.15) is 0 Å². The van der Waals surface area contributed by atoms with Crippen molar-refractivity contribution in [1.29, 1.82) is 0 Å². The van der Waals surface area contributed by atoms with E-state index in [0.29, 0.717) is 22.8 Å². The van der Waals surface area contributed by atoms with Crippen LogP contribution in [0.1, 0.15) is 30.5 Å². The number of nitrogens with one attached hydrogen (secondary N) is 2. The number of aliphatic carboxylic acids is 1. The molecule has 0 bridgehead atoms. The fourth-order valence-electron chi connectivity index (χ4n) is 4.61. The predicted octanol–water partition coefficient (Wildman–Crippen LogP) is 6.49. The Bertz CT molecular complexity index is 1530. The molecule has 9 heteroatoms. The second-order valence-corrected chi connectivity index (χ2v) is 9.75. The number of carbonyl (C=O) groups excluding carboxylic acids is 2. The van der Waals surface area contributed by atoms with Gasteiger partial charge in [-0.3, -0.25) is 9.59 Å². The van der Waals surface area contributed by atoms with Crippen molar-refractivity contribution in [2.75, 3.05) is 29.2 Å². The fraction of sp³-hybridized carbons (Fsp3) is 0.182. The van der Waals surface area contributed by atoms with Gasteiger partial charge in [-0.25, -0.2) is 4.79 Å². The number of hydrogen-bond acceptors (Lipinski definition) is 5. The number of urea groups is 1. The number of para-hydroxylation sites is 1. The van der Waals surface area contributed by atoms with Crippen LogP contribution in [0.5, 0.6) is 5.75 Å². The molecule has 4 rings (SSSR count). The molecule has 9 nitrogen and oxygen atoms in total. The number of ether oxygens (including phenoxy) is 1. The van der Waals surface area contributed by atoms with E-state index in [1.807, 2.05) is 97.0 Å². The van der Waals surface area contributed by atoms with Crippen LogP contribution in [0.2, 0.25) is 0 Å². The molecule has 1 heterocycles. The fourth-order valence-corrected chi connectivity index (χ4v) is 4.61. The second kappa shape index (κ2) is 13.8. The van der Waals surface area contributed by atoms with E-state index in [-0.39, 0.29) is 24.9 Å². The lowest BCUT2D eigenvalue weighted by atomic mass is 10.0. The molecule has 1 aliphatic heterocycles. The molecule has 0 aliphatic carbocycles. The minimum absolute atomic E-state index is 0.0727. The molecule has 0 fully saturated rings. The summed E-state index contributed by atoms with van der Waals surface area (Å²) in [5.41, 5.74) is 4.40. The van der Waals surface area contributed by atoms with Gasteiger partial charge in [-0.05, 0) is 54.0 Å². The summed E-state index contributed by atoms with van der Waals surface area (Å²) in [6.45, 7) is 3.66. The number of aryl methyl sites for hydroxylation is 1. The molecule has 3 aromatic rings. The normalized spacial score (nSPS) is 13.0. The SMILES string of the molecule is COc1cc(N(CC2=CC=CN(C(CC(=O)O)c3ccccc3)C=C2)C(C)=O)ccc1NC(=O)Nc1ccccc1C. The number of carbonyl (C=O) groups is 3. The summed E-state index contributed by atoms with van der Waals surface area (Å²) in [5, 5.41) is 15.2. The third-order valence-corrected chi connectivity index (χ3v) is 6.80. The van der Waals surface area contributed by atoms with E-state index in [1.165, 1.54) is 14.0 Å². The zero-order chi connectivity index (χ0) is 30.1. The van der Waals surface area contributed by atoms with Gasteiger partial charge in [0.1, 0.15) is 5.75 Å². The Kier molecular flexibility index (Phi) is 9.78. The number of nitrogens with zero attached hydrogens (tertiary/aromatic N) is 2. The van der Waals surface area contributed by atoms with Gasteiger partial charge in [-0.1, -0.05) is 54.6 Å². The van der Waals surface area contributed by atoms with E-state index in [1.54, 1.807) is 23.1 Å². The van der Waals surface area contributed by atoms with Crippen LogP contribution in [0.15, 0.2) is 109 Å². The van der Waals surface area contributed by atoms with Gasteiger partial charge < -0.3 is 30.3 Å². The van der Waals surface area contributed by atoms with Crippen molar-refractivity contribution in [3.63, 3.8) is 0 Å². The van der Waals surface area contributed by atoms with E-state index >= 15 is 0 Å². The summed E-state index contributed by atoms with van der Waals surface area (Å²) in [6, 6.07) is 21.3. The molecule has 3 N–H and O–H groups in total. The van der Waals surface area contributed by atoms with Crippen LogP contribution in [0, 0.1) is 6.92 Å². The monoisotopic (exact) mass is 566 g/mol. The molecular formula is C33H34N4O5. The van der Waals surface area contributed by atoms with Gasteiger partial charge in [0.05, 0.1) is 31.8 Å². The van der Waals surface area contributed by atoms with Crippen LogP contribution < -0.4 is 20.3 Å². The van der Waals surface area contributed by atoms with Gasteiger partial charge in [0.2, 0.25) is 5.91 Å². The minimum Gasteiger partial charge on any atom is -0.494 e. The van der Waals surface area contributed by atoms with Crippen LogP contribution in [0.3, 0.4) is 0 Å². The topological polar surface area (TPSA) is 111 Å². The lowest BCUT2D eigenvalue weighted by molar-refractivity contribution is -0.138. The van der Waals surface area contributed by atoms with Crippen LogP contribution in [0.4, 0.5) is 21.9 Å². The van der Waals surface area contributed by atoms with Crippen molar-refractivity contribution < 1.29 is 24.2 Å². The van der Waals surface area contributed by atoms with E-state index < -0.39 is 12.0 Å². The highest BCUT2D eigenvalue weighted by Gasteiger charge is 2.21. The van der Waals surface area contributed by atoms with Crippen molar-refractivity contribution >= 4 is 35.0 Å². The second-order valence-electron chi connectivity index (χ2n) is 9.75. The summed E-state index contributed by atoms with van der Waals surface area (Å²) < 4.78 is 5.54. The van der Waals surface area contributed by atoms with Crippen molar-refractivity contribution in [2.24, 2.45) is 0 Å². The number of hydrogen-bond donors (Lipinski definition) is 3. The first-order chi connectivity index (χ1) is 20.2. The number of carboxylic acids is 1. The maximum atomic E-state index is 12.7. The molecule has 1 aliphatic rings. The highest BCUT2D eigenvalue weighted by molar-refractivity contribution is 6.01. The molecule has 42 heavy (non-hydrogen) atoms. The minimum atomic E-state index is -0.898. The van der Waals surface area contributed by atoms with Gasteiger partial charge in [0, 0.05) is 36.8 Å². The van der Waals surface area contributed by atoms with Crippen molar-refractivity contribution in [1.82, 2.24) is 4.90 Å². The van der Waals surface area contributed by atoms with Crippen molar-refractivity contribution in [3.05, 3.63) is 120 Å². The van der Waals surface area contributed by atoms with Gasteiger partial charge in [0.15, 0.2) is 0 Å². The molecular weight excluding hydrogens is 532 g/mol. The average Bonchev–Trinajstić information content (AvgIpc) is 3.22. The first-order valence-corrected chi connectivity index (χ1v) is 13.4. The smallest absolute Gasteiger partial charge is 0.323 e. The first kappa shape index (κ1) is 29.7. The van der Waals surface area contributed by atoms with Crippen molar-refractivity contribution in [3.8, 4) is 5.75 Å². The lowest BCUT2D eigenvalue weighted by Gasteiger charge is -2.27. The zero-order valence-corrected chi connectivity index (χ0v) is 23.8. The molecule has 0 spiro atoms. The van der Waals surface area contributed by atoms with Gasteiger partial charge >= 0.3 is 12.0 Å². The molecule has 0 saturated carbocycles. The number of allylic oxidation sites excluding steroid dienone is 2. The summed E-state index contributed by atoms with van der Waals surface area (Å²) in [4.78, 5) is 40.5. The maximum absolute atomic E-state index is 12.7. The Hall–Kier alpha value is -5.31. The van der Waals surface area contributed by atoms with Crippen LogP contribution in [-0.2, 0) is 9.59 Å². The molecule has 0 radical (unpaired) electrons. The van der Waals surface area contributed by atoms with Crippen molar-refractivity contribution in [2.45, 2.75) is 26.3 Å². The van der Waals surface area contributed by atoms with E-state index in [9.17, 15) is 19.5 Å². The molecule has 0 aromatic heterocycles. The summed E-state index contributed by atoms with van der Waals surface area (Å²) in [6.07, 6.45) is 9.18. The number of anilines is 3. The molecule has 1 atom stereocenters. The lowest BCUT2D eigenvalue weighted by Crippen LogP contribution is -2.30. The maximum Gasteiger partial charge on any atom is 0.323 e. The predicted molar refractivity (Wildman–Crippen MR) is 164 cm³/mol. The molecule has 0 saturated heterocycles.